The molecular weight excluding hydrogens is 383 g/mol. The number of rotatable bonds is 11. The zero-order chi connectivity index (χ0) is 20.9. The van der Waals surface area contributed by atoms with Crippen LogP contribution < -0.4 is 5.73 Å². The highest BCUT2D eigenvalue weighted by molar-refractivity contribution is 7.53. The Morgan fingerprint density at radius 2 is 1.79 bits per heavy atom. The second-order valence-corrected chi connectivity index (χ2v) is 9.33. The molecule has 0 aromatic carbocycles. The van der Waals surface area contributed by atoms with E-state index in [0.717, 1.165) is 0 Å². The van der Waals surface area contributed by atoms with Crippen LogP contribution in [-0.4, -0.2) is 69.7 Å². The average molecular weight is 414 g/mol. The summed E-state index contributed by atoms with van der Waals surface area (Å²) in [4.78, 5) is 14.5. The highest BCUT2D eigenvalue weighted by atomic mass is 31.2. The van der Waals surface area contributed by atoms with Crippen molar-refractivity contribution in [3.63, 3.8) is 0 Å². The first-order valence-corrected chi connectivity index (χ1v) is 11.0. The van der Waals surface area contributed by atoms with Crippen LogP contribution in [0.15, 0.2) is 12.7 Å². The van der Waals surface area contributed by atoms with Gasteiger partial charge in [-0.25, -0.2) is 15.0 Å². The molecule has 0 fully saturated rings. The molecule has 0 aliphatic rings. The summed E-state index contributed by atoms with van der Waals surface area (Å²) in [7, 11) is 0.498. The molecule has 0 aliphatic carbocycles. The van der Waals surface area contributed by atoms with E-state index in [2.05, 4.69) is 15.0 Å². The number of nitrogens with zero attached hydrogens (tertiary/aromatic N) is 5. The molecule has 0 saturated heterocycles. The molecule has 2 heterocycles. The maximum Gasteiger partial charge on any atom is 0.356 e. The predicted molar refractivity (Wildman–Crippen MR) is 108 cm³/mol. The Labute approximate surface area is 165 Å². The lowest BCUT2D eigenvalue weighted by Crippen LogP contribution is -2.32. The topological polar surface area (TPSA) is 118 Å². The van der Waals surface area contributed by atoms with Gasteiger partial charge in [-0.3, -0.25) is 4.57 Å². The number of nitrogen functional groups attached to an aromatic ring is 1. The molecule has 0 bridgehead atoms. The van der Waals surface area contributed by atoms with Gasteiger partial charge in [-0.15, -0.1) is 0 Å². The van der Waals surface area contributed by atoms with Gasteiger partial charge in [0, 0.05) is 6.54 Å². The summed E-state index contributed by atoms with van der Waals surface area (Å²) in [5.74, 6) is 0.328. The van der Waals surface area contributed by atoms with Crippen LogP contribution in [0.5, 0.6) is 0 Å². The number of aromatic nitrogens is 4. The Hall–Kier alpha value is -1.58. The van der Waals surface area contributed by atoms with E-state index in [9.17, 15) is 4.57 Å². The summed E-state index contributed by atoms with van der Waals surface area (Å²) < 4.78 is 32.0. The number of imidazole rings is 1. The van der Waals surface area contributed by atoms with E-state index >= 15 is 0 Å². The van der Waals surface area contributed by atoms with Crippen molar-refractivity contribution in [3.05, 3.63) is 12.7 Å². The summed E-state index contributed by atoms with van der Waals surface area (Å²) in [6.07, 6.45) is 2.15. The minimum atomic E-state index is -3.39. The first kappa shape index (κ1) is 22.7. The van der Waals surface area contributed by atoms with E-state index in [1.165, 1.54) is 6.33 Å². The van der Waals surface area contributed by atoms with Crippen LogP contribution in [0, 0.1) is 0 Å². The molecule has 11 heteroatoms. The lowest BCUT2D eigenvalue weighted by atomic mass is 10.3. The number of anilines is 1. The van der Waals surface area contributed by atoms with Crippen molar-refractivity contribution in [3.8, 4) is 0 Å². The molecule has 158 valence electrons. The fraction of sp³-hybridized carbons (Fsp3) is 0.706. The van der Waals surface area contributed by atoms with Gasteiger partial charge >= 0.3 is 7.60 Å². The zero-order valence-electron chi connectivity index (χ0n) is 17.4. The van der Waals surface area contributed by atoms with Crippen molar-refractivity contribution < 1.29 is 18.3 Å². The van der Waals surface area contributed by atoms with E-state index < -0.39 is 7.60 Å². The third-order valence-electron chi connectivity index (χ3n) is 3.61. The molecule has 2 aromatic rings. The lowest BCUT2D eigenvalue weighted by molar-refractivity contribution is 0.0309. The Kier molecular flexibility index (Phi) is 7.91. The highest BCUT2D eigenvalue weighted by Gasteiger charge is 2.30. The van der Waals surface area contributed by atoms with Crippen molar-refractivity contribution in [2.24, 2.45) is 0 Å². The number of nitrogens with two attached hydrogens (primary N) is 1. The third-order valence-corrected chi connectivity index (χ3v) is 5.56. The zero-order valence-corrected chi connectivity index (χ0v) is 18.3. The molecule has 1 atom stereocenters. The van der Waals surface area contributed by atoms with Gasteiger partial charge in [0.15, 0.2) is 11.5 Å². The normalized spacial score (nSPS) is 13.9. The molecular formula is C17H31N6O4P. The fourth-order valence-corrected chi connectivity index (χ4v) is 4.60. The van der Waals surface area contributed by atoms with Crippen LogP contribution in [0.3, 0.4) is 0 Å². The molecule has 2 rings (SSSR count). The molecule has 0 radical (unpaired) electrons. The van der Waals surface area contributed by atoms with Crippen LogP contribution in [0.1, 0.15) is 27.7 Å². The van der Waals surface area contributed by atoms with Gasteiger partial charge in [-0.1, -0.05) is 0 Å². The number of hydrogen-bond donors (Lipinski definition) is 1. The SMILES string of the molecule is CC(C)OP(=O)(COC(CN(C)C)Cn1cnc2c(N)ncnc21)OC(C)C. The minimum Gasteiger partial charge on any atom is -0.382 e. The summed E-state index contributed by atoms with van der Waals surface area (Å²) in [6, 6.07) is 0. The summed E-state index contributed by atoms with van der Waals surface area (Å²) >= 11 is 0. The molecule has 0 spiro atoms. The average Bonchev–Trinajstić information content (AvgIpc) is 2.95. The molecule has 0 aliphatic heterocycles. The fourth-order valence-electron chi connectivity index (χ4n) is 2.75. The molecule has 28 heavy (non-hydrogen) atoms. The monoisotopic (exact) mass is 414 g/mol. The van der Waals surface area contributed by atoms with Crippen LogP contribution in [0.25, 0.3) is 11.2 Å². The Bertz CT molecular complexity index is 796. The highest BCUT2D eigenvalue weighted by Crippen LogP contribution is 2.50. The number of fused-ring (bicyclic) bond motifs is 1. The summed E-state index contributed by atoms with van der Waals surface area (Å²) in [6.45, 7) is 8.31. The van der Waals surface area contributed by atoms with E-state index in [4.69, 9.17) is 19.5 Å². The van der Waals surface area contributed by atoms with Crippen LogP contribution in [0.4, 0.5) is 5.82 Å². The molecule has 2 N–H and O–H groups in total. The maximum atomic E-state index is 13.0. The largest absolute Gasteiger partial charge is 0.382 e. The number of hydrogen-bond acceptors (Lipinski definition) is 9. The predicted octanol–water partition coefficient (Wildman–Crippen LogP) is 2.36. The first-order chi connectivity index (χ1) is 13.1. The van der Waals surface area contributed by atoms with E-state index in [1.807, 2.05) is 51.3 Å². The second kappa shape index (κ2) is 9.76. The quantitative estimate of drug-likeness (QED) is 0.553. The smallest absolute Gasteiger partial charge is 0.356 e. The van der Waals surface area contributed by atoms with Gasteiger partial charge in [0.05, 0.1) is 31.2 Å². The van der Waals surface area contributed by atoms with E-state index in [0.29, 0.717) is 30.1 Å². The Morgan fingerprint density at radius 1 is 1.14 bits per heavy atom. The lowest BCUT2D eigenvalue weighted by Gasteiger charge is -2.27. The van der Waals surface area contributed by atoms with Gasteiger partial charge in [-0.2, -0.15) is 0 Å². The standard InChI is InChI=1S/C17H31N6O4P/c1-12(2)26-28(24,27-13(3)4)11-25-14(7-22(5)6)8-23-10-21-15-16(18)19-9-20-17(15)23/h9-10,12-14H,7-8,11H2,1-6H3,(H2,18,19,20). The van der Waals surface area contributed by atoms with Gasteiger partial charge < -0.3 is 29.0 Å². The van der Waals surface area contributed by atoms with E-state index in [-0.39, 0.29) is 24.7 Å². The number of ether oxygens (including phenoxy) is 1. The van der Waals surface area contributed by atoms with Crippen LogP contribution in [-0.2, 0) is 24.9 Å². The molecule has 1 unspecified atom stereocenters. The first-order valence-electron chi connectivity index (χ1n) is 9.23. The molecule has 2 aromatic heterocycles. The summed E-state index contributed by atoms with van der Waals surface area (Å²) in [5.41, 5.74) is 7.02. The van der Waals surface area contributed by atoms with Crippen molar-refractivity contribution in [1.29, 1.82) is 0 Å². The molecule has 10 nitrogen and oxygen atoms in total. The molecule has 0 amide bonds. The van der Waals surface area contributed by atoms with Gasteiger partial charge in [-0.05, 0) is 41.8 Å². The van der Waals surface area contributed by atoms with Crippen LogP contribution in [0.2, 0.25) is 0 Å². The Morgan fingerprint density at radius 3 is 2.36 bits per heavy atom. The second-order valence-electron chi connectivity index (χ2n) is 7.43. The van der Waals surface area contributed by atoms with E-state index in [1.54, 1.807) is 6.33 Å². The third kappa shape index (κ3) is 6.49. The van der Waals surface area contributed by atoms with Crippen molar-refractivity contribution in [2.45, 2.75) is 52.6 Å². The van der Waals surface area contributed by atoms with Crippen LogP contribution >= 0.6 is 7.60 Å². The Balaban J connectivity index is 2.16. The summed E-state index contributed by atoms with van der Waals surface area (Å²) in [5, 5.41) is 0. The maximum absolute atomic E-state index is 13.0. The van der Waals surface area contributed by atoms with Crippen molar-refractivity contribution in [2.75, 3.05) is 32.7 Å². The number of likely N-dealkylation sites (N-methyl/N-ethyl adjacent to an activating group) is 1. The van der Waals surface area contributed by atoms with Gasteiger partial charge in [0.2, 0.25) is 0 Å². The minimum absolute atomic E-state index is 0.133. The van der Waals surface area contributed by atoms with Crippen molar-refractivity contribution in [1.82, 2.24) is 24.4 Å². The molecule has 0 saturated carbocycles. The van der Waals surface area contributed by atoms with Gasteiger partial charge in [0.25, 0.3) is 0 Å². The van der Waals surface area contributed by atoms with Gasteiger partial charge in [0.1, 0.15) is 18.2 Å². The van der Waals surface area contributed by atoms with Crippen molar-refractivity contribution >= 4 is 24.6 Å².